The van der Waals surface area contributed by atoms with Crippen molar-refractivity contribution in [3.8, 4) is 0 Å². The molecule has 0 aliphatic carbocycles. The molecule has 0 N–H and O–H groups in total. The molecular formula is C13H12ClN3O2S. The summed E-state index contributed by atoms with van der Waals surface area (Å²) in [6.07, 6.45) is 1.46. The predicted molar refractivity (Wildman–Crippen MR) is 82.8 cm³/mol. The fourth-order valence-electron chi connectivity index (χ4n) is 1.56. The minimum Gasteiger partial charge on any atom is -0.354 e. The summed E-state index contributed by atoms with van der Waals surface area (Å²) in [5, 5.41) is 12.2. The first-order valence-corrected chi connectivity index (χ1v) is 6.93. The number of nitrogens with zero attached hydrogens (tertiary/aromatic N) is 3. The lowest BCUT2D eigenvalue weighted by Crippen LogP contribution is -2.07. The van der Waals surface area contributed by atoms with Gasteiger partial charge >= 0.3 is 0 Å². The summed E-state index contributed by atoms with van der Waals surface area (Å²) in [6, 6.07) is 8.70. The molecule has 0 spiro atoms. The number of halogens is 1. The van der Waals surface area contributed by atoms with E-state index in [1.807, 2.05) is 25.1 Å². The van der Waals surface area contributed by atoms with Gasteiger partial charge in [-0.15, -0.1) is 0 Å². The molecule has 7 heteroatoms. The summed E-state index contributed by atoms with van der Waals surface area (Å²) in [4.78, 5) is 17.3. The molecule has 0 amide bonds. The lowest BCUT2D eigenvalue weighted by Gasteiger charge is -2.04. The minimum atomic E-state index is -0.416. The Kier molecular flexibility index (Phi) is 4.36. The molecule has 0 bridgehead atoms. The second-order valence-electron chi connectivity index (χ2n) is 4.20. The molecule has 5 nitrogen and oxygen atoms in total. The van der Waals surface area contributed by atoms with E-state index in [0.717, 1.165) is 0 Å². The zero-order valence-corrected chi connectivity index (χ0v) is 12.5. The zero-order chi connectivity index (χ0) is 14.7. The van der Waals surface area contributed by atoms with Crippen LogP contribution in [0.2, 0.25) is 5.15 Å². The van der Waals surface area contributed by atoms with Crippen molar-refractivity contribution in [1.82, 2.24) is 4.98 Å². The summed E-state index contributed by atoms with van der Waals surface area (Å²) in [5.41, 5.74) is 0.537. The number of aromatic nitrogens is 1. The predicted octanol–water partition coefficient (Wildman–Crippen LogP) is 3.64. The Morgan fingerprint density at radius 1 is 1.40 bits per heavy atom. The molecule has 0 aliphatic heterocycles. The van der Waals surface area contributed by atoms with Crippen LogP contribution in [0.1, 0.15) is 10.4 Å². The topological polar surface area (TPSA) is 59.3 Å². The highest BCUT2D eigenvalue weighted by atomic mass is 35.5. The summed E-state index contributed by atoms with van der Waals surface area (Å²) < 4.78 is 0. The Hall–Kier alpha value is -1.92. The van der Waals surface area contributed by atoms with Gasteiger partial charge in [0.1, 0.15) is 5.15 Å². The number of rotatable bonds is 4. The van der Waals surface area contributed by atoms with E-state index in [9.17, 15) is 10.1 Å². The van der Waals surface area contributed by atoms with Gasteiger partial charge in [0.2, 0.25) is 0 Å². The lowest BCUT2D eigenvalue weighted by atomic mass is 10.1. The van der Waals surface area contributed by atoms with Gasteiger partial charge in [-0.05, 0) is 12.1 Å². The average Bonchev–Trinajstić information content (AvgIpc) is 2.78. The molecule has 0 aliphatic rings. The highest BCUT2D eigenvalue weighted by Gasteiger charge is 2.17. The SMILES string of the molecule is CN(C)c1nc(Cl)c(C=C(c2ccccc2)[N+](=O)[O-])s1. The molecule has 0 atom stereocenters. The fourth-order valence-corrected chi connectivity index (χ4v) is 2.67. The molecule has 0 radical (unpaired) electrons. The first kappa shape index (κ1) is 14.5. The Morgan fingerprint density at radius 2 is 2.05 bits per heavy atom. The number of nitro groups is 1. The molecule has 1 heterocycles. The van der Waals surface area contributed by atoms with Gasteiger partial charge in [-0.25, -0.2) is 4.98 Å². The Morgan fingerprint density at radius 3 is 2.55 bits per heavy atom. The molecule has 20 heavy (non-hydrogen) atoms. The van der Waals surface area contributed by atoms with Crippen LogP contribution in [0.3, 0.4) is 0 Å². The van der Waals surface area contributed by atoms with Crippen LogP contribution in [0, 0.1) is 10.1 Å². The maximum absolute atomic E-state index is 11.2. The second-order valence-corrected chi connectivity index (χ2v) is 5.57. The Labute approximate surface area is 125 Å². The van der Waals surface area contributed by atoms with Gasteiger partial charge in [-0.2, -0.15) is 0 Å². The number of thiazole rings is 1. The fraction of sp³-hybridized carbons (Fsp3) is 0.154. The van der Waals surface area contributed by atoms with Crippen molar-refractivity contribution in [2.24, 2.45) is 0 Å². The van der Waals surface area contributed by atoms with Crippen molar-refractivity contribution in [2.45, 2.75) is 0 Å². The van der Waals surface area contributed by atoms with E-state index in [1.54, 1.807) is 24.3 Å². The van der Waals surface area contributed by atoms with Crippen LogP contribution in [0.5, 0.6) is 0 Å². The van der Waals surface area contributed by atoms with E-state index in [-0.39, 0.29) is 10.9 Å². The van der Waals surface area contributed by atoms with Gasteiger partial charge in [0.15, 0.2) is 5.13 Å². The van der Waals surface area contributed by atoms with Gasteiger partial charge in [0.25, 0.3) is 5.70 Å². The maximum Gasteiger partial charge on any atom is 0.278 e. The molecule has 0 saturated heterocycles. The van der Waals surface area contributed by atoms with Crippen LogP contribution in [-0.4, -0.2) is 24.0 Å². The van der Waals surface area contributed by atoms with E-state index < -0.39 is 4.92 Å². The summed E-state index contributed by atoms with van der Waals surface area (Å²) in [7, 11) is 3.68. The maximum atomic E-state index is 11.2. The van der Waals surface area contributed by atoms with Crippen LogP contribution >= 0.6 is 22.9 Å². The molecule has 2 aromatic rings. The third-order valence-electron chi connectivity index (χ3n) is 2.52. The summed E-state index contributed by atoms with van der Waals surface area (Å²) >= 11 is 7.34. The molecule has 0 unspecified atom stereocenters. The number of anilines is 1. The van der Waals surface area contributed by atoms with Gasteiger partial charge < -0.3 is 4.90 Å². The van der Waals surface area contributed by atoms with E-state index in [4.69, 9.17) is 11.6 Å². The minimum absolute atomic E-state index is 0.00135. The zero-order valence-electron chi connectivity index (χ0n) is 10.9. The quantitative estimate of drug-likeness (QED) is 0.639. The van der Waals surface area contributed by atoms with Gasteiger partial charge in [-0.3, -0.25) is 10.1 Å². The highest BCUT2D eigenvalue weighted by molar-refractivity contribution is 7.17. The van der Waals surface area contributed by atoms with Crippen molar-refractivity contribution in [1.29, 1.82) is 0 Å². The van der Waals surface area contributed by atoms with Crippen molar-refractivity contribution in [3.05, 3.63) is 56.0 Å². The van der Waals surface area contributed by atoms with Crippen molar-refractivity contribution in [2.75, 3.05) is 19.0 Å². The molecule has 0 saturated carbocycles. The smallest absolute Gasteiger partial charge is 0.278 e. The first-order chi connectivity index (χ1) is 9.49. The lowest BCUT2D eigenvalue weighted by molar-refractivity contribution is -0.374. The second kappa shape index (κ2) is 6.02. The van der Waals surface area contributed by atoms with E-state index in [0.29, 0.717) is 15.6 Å². The third-order valence-corrected chi connectivity index (χ3v) is 4.09. The van der Waals surface area contributed by atoms with Crippen LogP contribution in [-0.2, 0) is 0 Å². The van der Waals surface area contributed by atoms with E-state index in [1.165, 1.54) is 17.4 Å². The molecule has 1 aromatic heterocycles. The van der Waals surface area contributed by atoms with Crippen LogP contribution in [0.15, 0.2) is 30.3 Å². The van der Waals surface area contributed by atoms with Crippen molar-refractivity contribution >= 4 is 39.8 Å². The standard InChI is InChI=1S/C13H12ClN3O2S/c1-16(2)13-15-12(14)11(20-13)8-10(17(18)19)9-6-4-3-5-7-9/h3-8H,1-2H3. The molecule has 0 fully saturated rings. The van der Waals surface area contributed by atoms with Crippen LogP contribution < -0.4 is 4.90 Å². The van der Waals surface area contributed by atoms with Gasteiger partial charge in [-0.1, -0.05) is 41.1 Å². The normalized spacial score (nSPS) is 11.4. The monoisotopic (exact) mass is 309 g/mol. The molecule has 1 aromatic carbocycles. The number of hydrogen-bond acceptors (Lipinski definition) is 5. The Balaban J connectivity index is 2.47. The molecule has 104 valence electrons. The Bertz CT molecular complexity index is 653. The number of hydrogen-bond donors (Lipinski definition) is 0. The van der Waals surface area contributed by atoms with Gasteiger partial charge in [0, 0.05) is 20.2 Å². The molecule has 2 rings (SSSR count). The van der Waals surface area contributed by atoms with E-state index >= 15 is 0 Å². The summed E-state index contributed by atoms with van der Waals surface area (Å²) in [5.74, 6) is 0. The first-order valence-electron chi connectivity index (χ1n) is 5.74. The largest absolute Gasteiger partial charge is 0.354 e. The van der Waals surface area contributed by atoms with Crippen molar-refractivity contribution in [3.63, 3.8) is 0 Å². The van der Waals surface area contributed by atoms with Crippen LogP contribution in [0.4, 0.5) is 5.13 Å². The third kappa shape index (κ3) is 3.15. The average molecular weight is 310 g/mol. The van der Waals surface area contributed by atoms with Crippen LogP contribution in [0.25, 0.3) is 11.8 Å². The van der Waals surface area contributed by atoms with Crippen molar-refractivity contribution < 1.29 is 4.92 Å². The van der Waals surface area contributed by atoms with E-state index in [2.05, 4.69) is 4.98 Å². The van der Waals surface area contributed by atoms with Gasteiger partial charge in [0.05, 0.1) is 15.4 Å². The highest BCUT2D eigenvalue weighted by Crippen LogP contribution is 2.32. The molecular weight excluding hydrogens is 298 g/mol. The summed E-state index contributed by atoms with van der Waals surface area (Å²) in [6.45, 7) is 0. The number of benzene rings is 1.